The van der Waals surface area contributed by atoms with Crippen molar-refractivity contribution in [3.05, 3.63) is 22.6 Å². The number of fused-ring (bicyclic) bond motifs is 2. The minimum absolute atomic E-state index is 0.0719. The van der Waals surface area contributed by atoms with Gasteiger partial charge < -0.3 is 10.5 Å². The zero-order valence-corrected chi connectivity index (χ0v) is 11.1. The summed E-state index contributed by atoms with van der Waals surface area (Å²) in [6.45, 7) is 1.61. The van der Waals surface area contributed by atoms with Crippen molar-refractivity contribution in [3.8, 4) is 5.75 Å². The topological polar surface area (TPSA) is 70.1 Å². The number of aromatic nitrogens is 2. The van der Waals surface area contributed by atoms with Crippen molar-refractivity contribution in [2.75, 3.05) is 13.2 Å². The van der Waals surface area contributed by atoms with Crippen LogP contribution < -0.4 is 16.0 Å². The lowest BCUT2D eigenvalue weighted by Gasteiger charge is -2.21. The fourth-order valence-corrected chi connectivity index (χ4v) is 3.63. The van der Waals surface area contributed by atoms with Crippen LogP contribution in [0, 0.1) is 17.8 Å². The van der Waals surface area contributed by atoms with Crippen LogP contribution in [0.25, 0.3) is 0 Å². The number of hydrogen-bond donors (Lipinski definition) is 1. The predicted molar refractivity (Wildman–Crippen MR) is 72.0 cm³/mol. The van der Waals surface area contributed by atoms with Gasteiger partial charge in [0.2, 0.25) is 0 Å². The molecule has 0 spiro atoms. The van der Waals surface area contributed by atoms with E-state index < -0.39 is 0 Å². The molecule has 1 heterocycles. The van der Waals surface area contributed by atoms with Crippen molar-refractivity contribution in [1.29, 1.82) is 0 Å². The molecule has 3 rings (SSSR count). The summed E-state index contributed by atoms with van der Waals surface area (Å²) in [5.74, 6) is 2.86. The lowest BCUT2D eigenvalue weighted by atomic mass is 9.89. The Kier molecular flexibility index (Phi) is 3.55. The highest BCUT2D eigenvalue weighted by atomic mass is 16.5. The van der Waals surface area contributed by atoms with Crippen LogP contribution >= 0.6 is 0 Å². The summed E-state index contributed by atoms with van der Waals surface area (Å²) in [4.78, 5) is 12.0. The molecular weight excluding hydrogens is 242 g/mol. The van der Waals surface area contributed by atoms with Gasteiger partial charge >= 0.3 is 0 Å². The number of hydrogen-bond acceptors (Lipinski definition) is 4. The molecule has 5 heteroatoms. The molecule has 2 aliphatic carbocycles. The van der Waals surface area contributed by atoms with Crippen LogP contribution in [0.15, 0.2) is 17.1 Å². The van der Waals surface area contributed by atoms with Gasteiger partial charge in [0.1, 0.15) is 12.4 Å². The Morgan fingerprint density at radius 1 is 1.42 bits per heavy atom. The Bertz CT molecular complexity index is 500. The largest absolute Gasteiger partial charge is 0.490 e. The van der Waals surface area contributed by atoms with E-state index in [4.69, 9.17) is 10.5 Å². The molecule has 2 N–H and O–H groups in total. The van der Waals surface area contributed by atoms with Crippen molar-refractivity contribution in [3.63, 3.8) is 0 Å². The molecule has 2 fully saturated rings. The Balaban J connectivity index is 1.66. The first-order valence-electron chi connectivity index (χ1n) is 7.16. The Labute approximate surface area is 112 Å². The third-order valence-electron chi connectivity index (χ3n) is 4.52. The molecule has 19 heavy (non-hydrogen) atoms. The van der Waals surface area contributed by atoms with Gasteiger partial charge in [-0.1, -0.05) is 6.42 Å². The van der Waals surface area contributed by atoms with Crippen LogP contribution in [0.1, 0.15) is 25.7 Å². The Hall–Kier alpha value is -1.36. The quantitative estimate of drug-likeness (QED) is 0.861. The van der Waals surface area contributed by atoms with Crippen LogP contribution in [-0.4, -0.2) is 22.9 Å². The molecule has 0 radical (unpaired) electrons. The van der Waals surface area contributed by atoms with E-state index >= 15 is 0 Å². The van der Waals surface area contributed by atoms with Crippen LogP contribution in [0.4, 0.5) is 0 Å². The lowest BCUT2D eigenvalue weighted by molar-refractivity contribution is 0.277. The summed E-state index contributed by atoms with van der Waals surface area (Å²) in [5, 5.41) is 4.22. The van der Waals surface area contributed by atoms with E-state index in [-0.39, 0.29) is 5.56 Å². The molecule has 5 nitrogen and oxygen atoms in total. The van der Waals surface area contributed by atoms with Crippen LogP contribution in [0.5, 0.6) is 5.75 Å². The van der Waals surface area contributed by atoms with E-state index in [0.717, 1.165) is 18.4 Å². The molecule has 1 aromatic rings. The highest BCUT2D eigenvalue weighted by Crippen LogP contribution is 2.48. The third-order valence-corrected chi connectivity index (χ3v) is 4.52. The van der Waals surface area contributed by atoms with Gasteiger partial charge in [0.25, 0.3) is 5.56 Å². The summed E-state index contributed by atoms with van der Waals surface area (Å²) in [6.07, 6.45) is 6.96. The Morgan fingerprint density at radius 3 is 2.95 bits per heavy atom. The van der Waals surface area contributed by atoms with Crippen LogP contribution in [0.3, 0.4) is 0 Å². The summed E-state index contributed by atoms with van der Waals surface area (Å²) in [6, 6.07) is 1.51. The average Bonchev–Trinajstić information content (AvgIpc) is 3.01. The number of nitrogens with two attached hydrogens (primary N) is 1. The summed E-state index contributed by atoms with van der Waals surface area (Å²) in [7, 11) is 0. The van der Waals surface area contributed by atoms with Crippen molar-refractivity contribution < 1.29 is 4.74 Å². The van der Waals surface area contributed by atoms with Crippen molar-refractivity contribution >= 4 is 0 Å². The smallest absolute Gasteiger partial charge is 0.270 e. The first kappa shape index (κ1) is 12.7. The zero-order chi connectivity index (χ0) is 13.2. The monoisotopic (exact) mass is 263 g/mol. The van der Waals surface area contributed by atoms with Crippen molar-refractivity contribution in [2.45, 2.75) is 32.2 Å². The van der Waals surface area contributed by atoms with Gasteiger partial charge in [0.05, 0.1) is 6.20 Å². The maximum absolute atomic E-state index is 12.0. The summed E-state index contributed by atoms with van der Waals surface area (Å²) in [5.41, 5.74) is 5.29. The van der Waals surface area contributed by atoms with Crippen LogP contribution in [-0.2, 0) is 6.54 Å². The molecule has 0 aliphatic heterocycles. The maximum atomic E-state index is 12.0. The SMILES string of the molecule is NCCOc1cnn(CC2CC3CCC2C3)c(=O)c1. The minimum atomic E-state index is -0.0719. The van der Waals surface area contributed by atoms with E-state index in [1.807, 2.05) is 0 Å². The van der Waals surface area contributed by atoms with Gasteiger partial charge in [0.15, 0.2) is 0 Å². The van der Waals surface area contributed by atoms with Gasteiger partial charge in [0, 0.05) is 19.2 Å². The molecule has 1 aromatic heterocycles. The second-order valence-electron chi connectivity index (χ2n) is 5.78. The van der Waals surface area contributed by atoms with Gasteiger partial charge in [-0.25, -0.2) is 4.68 Å². The molecule has 0 amide bonds. The molecule has 3 unspecified atom stereocenters. The second kappa shape index (κ2) is 5.33. The van der Waals surface area contributed by atoms with Crippen molar-refractivity contribution in [1.82, 2.24) is 9.78 Å². The van der Waals surface area contributed by atoms with Gasteiger partial charge in [-0.2, -0.15) is 5.10 Å². The standard InChI is InChI=1S/C14H21N3O2/c15-3-4-19-13-7-14(18)17(16-8-13)9-12-6-10-1-2-11(12)5-10/h7-8,10-12H,1-6,9,15H2. The molecule has 2 aliphatic rings. The minimum Gasteiger partial charge on any atom is -0.490 e. The number of nitrogens with zero attached hydrogens (tertiary/aromatic N) is 2. The van der Waals surface area contributed by atoms with E-state index in [9.17, 15) is 4.79 Å². The highest BCUT2D eigenvalue weighted by molar-refractivity contribution is 5.13. The van der Waals surface area contributed by atoms with E-state index in [2.05, 4.69) is 5.10 Å². The zero-order valence-electron chi connectivity index (χ0n) is 11.1. The molecule has 2 saturated carbocycles. The maximum Gasteiger partial charge on any atom is 0.270 e. The van der Waals surface area contributed by atoms with E-state index in [1.165, 1.54) is 31.7 Å². The normalized spacial score (nSPS) is 28.8. The Morgan fingerprint density at radius 2 is 2.32 bits per heavy atom. The van der Waals surface area contributed by atoms with Crippen LogP contribution in [0.2, 0.25) is 0 Å². The predicted octanol–water partition coefficient (Wildman–Crippen LogP) is 1.02. The molecule has 104 valence electrons. The number of ether oxygens (including phenoxy) is 1. The fourth-order valence-electron chi connectivity index (χ4n) is 3.63. The first-order chi connectivity index (χ1) is 9.26. The third kappa shape index (κ3) is 2.66. The van der Waals surface area contributed by atoms with E-state index in [0.29, 0.717) is 24.8 Å². The highest BCUT2D eigenvalue weighted by Gasteiger charge is 2.39. The lowest BCUT2D eigenvalue weighted by Crippen LogP contribution is -2.28. The summed E-state index contributed by atoms with van der Waals surface area (Å²) < 4.78 is 6.89. The first-order valence-corrected chi connectivity index (χ1v) is 7.16. The molecule has 0 aromatic carbocycles. The van der Waals surface area contributed by atoms with E-state index in [1.54, 1.807) is 10.9 Å². The van der Waals surface area contributed by atoms with Gasteiger partial charge in [-0.05, 0) is 37.0 Å². The molecule has 3 atom stereocenters. The average molecular weight is 263 g/mol. The molecule has 0 saturated heterocycles. The molecular formula is C14H21N3O2. The summed E-state index contributed by atoms with van der Waals surface area (Å²) >= 11 is 0. The fraction of sp³-hybridized carbons (Fsp3) is 0.714. The van der Waals surface area contributed by atoms with Gasteiger partial charge in [-0.3, -0.25) is 4.79 Å². The van der Waals surface area contributed by atoms with Crippen molar-refractivity contribution in [2.24, 2.45) is 23.5 Å². The molecule has 2 bridgehead atoms. The number of rotatable bonds is 5. The second-order valence-corrected chi connectivity index (χ2v) is 5.78. The van der Waals surface area contributed by atoms with Gasteiger partial charge in [-0.15, -0.1) is 0 Å².